The minimum atomic E-state index is -0.787. The normalized spacial score (nSPS) is 16.5. The van der Waals surface area contributed by atoms with Crippen molar-refractivity contribution in [3.05, 3.63) is 52.2 Å². The first-order valence-corrected chi connectivity index (χ1v) is 9.81. The van der Waals surface area contributed by atoms with Crippen LogP contribution in [-0.2, 0) is 11.2 Å². The number of carboxylic acid groups (broad SMARTS) is 1. The second kappa shape index (κ2) is 9.02. The number of benzene rings is 1. The molecule has 1 aromatic heterocycles. The number of carboxylic acids is 1. The zero-order chi connectivity index (χ0) is 17.5. The van der Waals surface area contributed by atoms with Gasteiger partial charge in [0.1, 0.15) is 12.4 Å². The van der Waals surface area contributed by atoms with Crippen molar-refractivity contribution in [2.75, 3.05) is 26.2 Å². The number of hydrogen-bond acceptors (Lipinski definition) is 4. The number of ether oxygens (including phenoxy) is 1. The van der Waals surface area contributed by atoms with E-state index in [1.54, 1.807) is 0 Å². The molecule has 0 saturated carbocycles. The second-order valence-corrected chi connectivity index (χ2v) is 7.45. The molecular formula is C20H25NO3S. The molecule has 3 rings (SSSR count). The van der Waals surface area contributed by atoms with Crippen LogP contribution in [0.4, 0.5) is 0 Å². The Kier molecular flexibility index (Phi) is 6.48. The van der Waals surface area contributed by atoms with Crippen molar-refractivity contribution < 1.29 is 14.6 Å². The first-order valence-electron chi connectivity index (χ1n) is 8.93. The lowest BCUT2D eigenvalue weighted by Crippen LogP contribution is -2.33. The molecule has 0 aliphatic carbocycles. The number of piperidine rings is 1. The first kappa shape index (κ1) is 18.0. The Morgan fingerprint density at radius 1 is 1.16 bits per heavy atom. The average molecular weight is 359 g/mol. The maximum absolute atomic E-state index is 11.7. The van der Waals surface area contributed by atoms with Crippen LogP contribution in [0.3, 0.4) is 0 Å². The van der Waals surface area contributed by atoms with Crippen LogP contribution >= 0.6 is 11.3 Å². The zero-order valence-electron chi connectivity index (χ0n) is 14.4. The molecular weight excluding hydrogens is 334 g/mol. The number of hydrogen-bond donors (Lipinski definition) is 1. The van der Waals surface area contributed by atoms with Crippen LogP contribution < -0.4 is 4.74 Å². The van der Waals surface area contributed by atoms with E-state index in [-0.39, 0.29) is 0 Å². The molecule has 2 heterocycles. The van der Waals surface area contributed by atoms with Gasteiger partial charge in [0.15, 0.2) is 0 Å². The third-order valence-corrected chi connectivity index (χ3v) is 5.68. The van der Waals surface area contributed by atoms with Gasteiger partial charge in [-0.15, -0.1) is 11.3 Å². The molecule has 1 unspecified atom stereocenters. The fourth-order valence-corrected chi connectivity index (χ4v) is 4.12. The van der Waals surface area contributed by atoms with Gasteiger partial charge in [0.2, 0.25) is 0 Å². The highest BCUT2D eigenvalue weighted by Crippen LogP contribution is 2.29. The molecule has 2 aromatic rings. The molecule has 1 N–H and O–H groups in total. The lowest BCUT2D eigenvalue weighted by molar-refractivity contribution is -0.138. The van der Waals surface area contributed by atoms with Crippen LogP contribution in [0, 0.1) is 0 Å². The minimum absolute atomic E-state index is 0.454. The summed E-state index contributed by atoms with van der Waals surface area (Å²) in [5, 5.41) is 11.5. The van der Waals surface area contributed by atoms with Crippen molar-refractivity contribution in [3.63, 3.8) is 0 Å². The lowest BCUT2D eigenvalue weighted by atomic mass is 9.97. The summed E-state index contributed by atoms with van der Waals surface area (Å²) in [5.74, 6) is -0.500. The lowest BCUT2D eigenvalue weighted by Gasteiger charge is -2.26. The number of thiophene rings is 1. The van der Waals surface area contributed by atoms with Gasteiger partial charge in [0, 0.05) is 11.4 Å². The predicted octanol–water partition coefficient (Wildman–Crippen LogP) is 4.02. The van der Waals surface area contributed by atoms with Crippen LogP contribution in [0.5, 0.6) is 5.75 Å². The first-order chi connectivity index (χ1) is 12.2. The molecule has 1 aliphatic heterocycles. The van der Waals surface area contributed by atoms with Gasteiger partial charge in [0.05, 0.1) is 5.92 Å². The molecule has 1 saturated heterocycles. The Morgan fingerprint density at radius 2 is 1.96 bits per heavy atom. The van der Waals surface area contributed by atoms with Crippen LogP contribution in [0.15, 0.2) is 41.8 Å². The SMILES string of the molecule is O=C(O)C(Cc1ccccc1OCCN1CCCCC1)c1cccs1. The Hall–Kier alpha value is -1.85. The van der Waals surface area contributed by atoms with Crippen molar-refractivity contribution in [2.24, 2.45) is 0 Å². The van der Waals surface area contributed by atoms with Gasteiger partial charge in [-0.25, -0.2) is 0 Å². The molecule has 1 atom stereocenters. The van der Waals surface area contributed by atoms with Crippen LogP contribution in [0.1, 0.15) is 35.6 Å². The van der Waals surface area contributed by atoms with E-state index in [1.807, 2.05) is 41.8 Å². The molecule has 1 aliphatic rings. The van der Waals surface area contributed by atoms with Gasteiger partial charge in [-0.1, -0.05) is 30.7 Å². The maximum atomic E-state index is 11.7. The highest BCUT2D eigenvalue weighted by Gasteiger charge is 2.23. The Morgan fingerprint density at radius 3 is 2.68 bits per heavy atom. The van der Waals surface area contributed by atoms with Gasteiger partial charge >= 0.3 is 5.97 Å². The third kappa shape index (κ3) is 5.06. The van der Waals surface area contributed by atoms with E-state index in [4.69, 9.17) is 4.74 Å². The van der Waals surface area contributed by atoms with E-state index in [0.717, 1.165) is 35.8 Å². The number of aliphatic carboxylic acids is 1. The number of rotatable bonds is 8. The number of para-hydroxylation sites is 1. The smallest absolute Gasteiger partial charge is 0.312 e. The molecule has 1 fully saturated rings. The number of likely N-dealkylation sites (tertiary alicyclic amines) is 1. The van der Waals surface area contributed by atoms with Gasteiger partial charge in [-0.2, -0.15) is 0 Å². The summed E-state index contributed by atoms with van der Waals surface area (Å²) in [6.07, 6.45) is 4.34. The van der Waals surface area contributed by atoms with Crippen molar-refractivity contribution in [2.45, 2.75) is 31.6 Å². The van der Waals surface area contributed by atoms with E-state index < -0.39 is 11.9 Å². The summed E-state index contributed by atoms with van der Waals surface area (Å²) in [6, 6.07) is 11.6. The Labute approximate surface area is 153 Å². The van der Waals surface area contributed by atoms with Crippen molar-refractivity contribution in [1.29, 1.82) is 0 Å². The minimum Gasteiger partial charge on any atom is -0.492 e. The van der Waals surface area contributed by atoms with E-state index in [9.17, 15) is 9.90 Å². The van der Waals surface area contributed by atoms with Gasteiger partial charge in [-0.05, 0) is 55.4 Å². The highest BCUT2D eigenvalue weighted by molar-refractivity contribution is 7.10. The van der Waals surface area contributed by atoms with Gasteiger partial charge in [0.25, 0.3) is 0 Å². The second-order valence-electron chi connectivity index (χ2n) is 6.47. The molecule has 25 heavy (non-hydrogen) atoms. The van der Waals surface area contributed by atoms with E-state index in [2.05, 4.69) is 4.90 Å². The molecule has 4 nitrogen and oxygen atoms in total. The molecule has 0 bridgehead atoms. The molecule has 5 heteroatoms. The molecule has 0 amide bonds. The fourth-order valence-electron chi connectivity index (χ4n) is 3.30. The summed E-state index contributed by atoms with van der Waals surface area (Å²) in [7, 11) is 0. The predicted molar refractivity (Wildman–Crippen MR) is 101 cm³/mol. The van der Waals surface area contributed by atoms with Crippen LogP contribution in [0.2, 0.25) is 0 Å². The van der Waals surface area contributed by atoms with Crippen LogP contribution in [-0.4, -0.2) is 42.2 Å². The summed E-state index contributed by atoms with van der Waals surface area (Å²) in [5.41, 5.74) is 0.960. The standard InChI is InChI=1S/C20H25NO3S/c22-20(23)17(19-9-6-14-25-19)15-16-7-2-3-8-18(16)24-13-12-21-10-4-1-5-11-21/h2-3,6-9,14,17H,1,4-5,10-13,15H2,(H,22,23). The molecule has 0 spiro atoms. The van der Waals surface area contributed by atoms with Crippen molar-refractivity contribution >= 4 is 17.3 Å². The third-order valence-electron chi connectivity index (χ3n) is 4.70. The van der Waals surface area contributed by atoms with Crippen molar-refractivity contribution in [1.82, 2.24) is 4.90 Å². The van der Waals surface area contributed by atoms with Crippen molar-refractivity contribution in [3.8, 4) is 5.75 Å². The summed E-state index contributed by atoms with van der Waals surface area (Å²) in [6.45, 7) is 3.89. The summed E-state index contributed by atoms with van der Waals surface area (Å²) in [4.78, 5) is 15.0. The largest absolute Gasteiger partial charge is 0.492 e. The average Bonchev–Trinajstić information content (AvgIpc) is 3.15. The molecule has 1 aromatic carbocycles. The highest BCUT2D eigenvalue weighted by atomic mass is 32.1. The van der Waals surface area contributed by atoms with E-state index in [1.165, 1.54) is 30.6 Å². The Bertz CT molecular complexity index is 665. The Balaban J connectivity index is 1.62. The fraction of sp³-hybridized carbons (Fsp3) is 0.450. The summed E-state index contributed by atoms with van der Waals surface area (Å²) < 4.78 is 6.01. The van der Waals surface area contributed by atoms with Crippen LogP contribution in [0.25, 0.3) is 0 Å². The number of nitrogens with zero attached hydrogens (tertiary/aromatic N) is 1. The van der Waals surface area contributed by atoms with E-state index >= 15 is 0 Å². The monoisotopic (exact) mass is 359 g/mol. The zero-order valence-corrected chi connectivity index (χ0v) is 15.2. The topological polar surface area (TPSA) is 49.8 Å². The van der Waals surface area contributed by atoms with E-state index in [0.29, 0.717) is 13.0 Å². The quantitative estimate of drug-likeness (QED) is 0.773. The van der Waals surface area contributed by atoms with Gasteiger partial charge in [-0.3, -0.25) is 9.69 Å². The summed E-state index contributed by atoms with van der Waals surface area (Å²) >= 11 is 1.49. The molecule has 0 radical (unpaired) electrons. The molecule has 134 valence electrons. The van der Waals surface area contributed by atoms with Gasteiger partial charge < -0.3 is 9.84 Å². The number of carbonyl (C=O) groups is 1. The maximum Gasteiger partial charge on any atom is 0.312 e.